The Morgan fingerprint density at radius 1 is 1.32 bits per heavy atom. The van der Waals surface area contributed by atoms with E-state index in [0.29, 0.717) is 12.2 Å². The fourth-order valence-electron chi connectivity index (χ4n) is 1.12. The third kappa shape index (κ3) is 6.28. The summed E-state index contributed by atoms with van der Waals surface area (Å²) in [6.45, 7) is 2.96. The Morgan fingerprint density at radius 3 is 2.47 bits per heavy atom. The number of anilines is 1. The van der Waals surface area contributed by atoms with Crippen molar-refractivity contribution in [3.63, 3.8) is 0 Å². The van der Waals surface area contributed by atoms with Crippen LogP contribution in [0.3, 0.4) is 0 Å². The molecule has 0 amide bonds. The number of alkyl halides is 3. The first kappa shape index (κ1) is 15.6. The maximum absolute atomic E-state index is 11.9. The van der Waals surface area contributed by atoms with Crippen molar-refractivity contribution in [2.45, 2.75) is 20.0 Å². The summed E-state index contributed by atoms with van der Waals surface area (Å²) in [6, 6.07) is 2.94. The predicted octanol–water partition coefficient (Wildman–Crippen LogP) is 2.45. The fourth-order valence-corrected chi connectivity index (χ4v) is 1.12. The summed E-state index contributed by atoms with van der Waals surface area (Å²) < 4.78 is 40.3. The van der Waals surface area contributed by atoms with Crippen molar-refractivity contribution in [1.29, 1.82) is 0 Å². The van der Waals surface area contributed by atoms with Gasteiger partial charge in [-0.1, -0.05) is 13.8 Å². The molecule has 1 heterocycles. The van der Waals surface area contributed by atoms with Gasteiger partial charge in [0, 0.05) is 24.6 Å². The number of hydrogen-bond acceptors (Lipinski definition) is 4. The summed E-state index contributed by atoms with van der Waals surface area (Å²) in [4.78, 5) is 3.76. The number of aromatic nitrogens is 1. The van der Waals surface area contributed by atoms with Gasteiger partial charge < -0.3 is 15.2 Å². The van der Waals surface area contributed by atoms with Gasteiger partial charge in [-0.3, -0.25) is 0 Å². The Kier molecular flexibility index (Phi) is 4.99. The van der Waals surface area contributed by atoms with Crippen LogP contribution < -0.4 is 10.1 Å². The summed E-state index contributed by atoms with van der Waals surface area (Å²) in [5.41, 5.74) is 0.367. The average molecular weight is 278 g/mol. The van der Waals surface area contributed by atoms with Crippen LogP contribution in [0.25, 0.3) is 0 Å². The maximum Gasteiger partial charge on any atom is 0.422 e. The largest absolute Gasteiger partial charge is 0.468 e. The van der Waals surface area contributed by atoms with Gasteiger partial charge in [-0.25, -0.2) is 4.98 Å². The van der Waals surface area contributed by atoms with Gasteiger partial charge in [-0.15, -0.1) is 0 Å². The Morgan fingerprint density at radius 2 is 2.00 bits per heavy atom. The number of hydrogen-bond donors (Lipinski definition) is 2. The van der Waals surface area contributed by atoms with Gasteiger partial charge in [0.2, 0.25) is 5.88 Å². The lowest BCUT2D eigenvalue weighted by atomic mass is 9.95. The molecule has 0 aromatic carbocycles. The molecular weight excluding hydrogens is 261 g/mol. The molecule has 0 aliphatic rings. The molecule has 0 radical (unpaired) electrons. The van der Waals surface area contributed by atoms with Crippen molar-refractivity contribution in [2.24, 2.45) is 5.41 Å². The maximum atomic E-state index is 11.9. The van der Waals surface area contributed by atoms with Crippen LogP contribution in [0, 0.1) is 5.41 Å². The Bertz CT molecular complexity index is 391. The van der Waals surface area contributed by atoms with E-state index in [2.05, 4.69) is 15.0 Å². The summed E-state index contributed by atoms with van der Waals surface area (Å²) in [6.07, 6.45) is -2.98. The first-order valence-corrected chi connectivity index (χ1v) is 5.72. The standard InChI is InChI=1S/C12H17F3N2O2/c1-11(2,7-18)6-17-9-3-4-10(16-5-9)19-8-12(13,14)15/h3-5,17-18H,6-8H2,1-2H3. The van der Waals surface area contributed by atoms with Gasteiger partial charge in [0.05, 0.1) is 11.9 Å². The normalized spacial score (nSPS) is 12.3. The van der Waals surface area contributed by atoms with E-state index in [9.17, 15) is 13.2 Å². The third-order valence-electron chi connectivity index (χ3n) is 2.32. The van der Waals surface area contributed by atoms with E-state index in [0.717, 1.165) is 0 Å². The van der Waals surface area contributed by atoms with Gasteiger partial charge in [0.25, 0.3) is 0 Å². The van der Waals surface area contributed by atoms with Gasteiger partial charge in [-0.05, 0) is 6.07 Å². The lowest BCUT2D eigenvalue weighted by molar-refractivity contribution is -0.154. The number of aliphatic hydroxyl groups excluding tert-OH is 1. The molecule has 0 spiro atoms. The Balaban J connectivity index is 2.48. The topological polar surface area (TPSA) is 54.4 Å². The zero-order chi connectivity index (χ0) is 14.5. The van der Waals surface area contributed by atoms with E-state index in [-0.39, 0.29) is 17.9 Å². The zero-order valence-electron chi connectivity index (χ0n) is 10.8. The van der Waals surface area contributed by atoms with Crippen LogP contribution in [0.2, 0.25) is 0 Å². The molecule has 0 saturated heterocycles. The molecule has 1 aromatic rings. The Labute approximate surface area is 109 Å². The molecule has 0 saturated carbocycles. The highest BCUT2D eigenvalue weighted by molar-refractivity contribution is 5.42. The van der Waals surface area contributed by atoms with Gasteiger partial charge in [0.1, 0.15) is 0 Å². The smallest absolute Gasteiger partial charge is 0.422 e. The fraction of sp³-hybridized carbons (Fsp3) is 0.583. The molecule has 0 aliphatic carbocycles. The van der Waals surface area contributed by atoms with Crippen molar-refractivity contribution in [1.82, 2.24) is 4.98 Å². The van der Waals surface area contributed by atoms with Crippen molar-refractivity contribution in [3.8, 4) is 5.88 Å². The summed E-state index contributed by atoms with van der Waals surface area (Å²) >= 11 is 0. The lowest BCUT2D eigenvalue weighted by Crippen LogP contribution is -2.26. The molecule has 0 aliphatic heterocycles. The molecule has 0 atom stereocenters. The molecule has 1 rings (SSSR count). The minimum atomic E-state index is -4.37. The van der Waals surface area contributed by atoms with Crippen molar-refractivity contribution < 1.29 is 23.0 Å². The van der Waals surface area contributed by atoms with Crippen LogP contribution in [0.1, 0.15) is 13.8 Å². The number of pyridine rings is 1. The van der Waals surface area contributed by atoms with Crippen LogP contribution in [0.5, 0.6) is 5.88 Å². The molecule has 7 heteroatoms. The van der Waals surface area contributed by atoms with Crippen LogP contribution in [0.4, 0.5) is 18.9 Å². The minimum absolute atomic E-state index is 0.0280. The van der Waals surface area contributed by atoms with Gasteiger partial charge in [-0.2, -0.15) is 13.2 Å². The second kappa shape index (κ2) is 6.10. The highest BCUT2D eigenvalue weighted by Crippen LogP contribution is 2.19. The minimum Gasteiger partial charge on any atom is -0.468 e. The van der Waals surface area contributed by atoms with Crippen molar-refractivity contribution in [2.75, 3.05) is 25.1 Å². The van der Waals surface area contributed by atoms with E-state index >= 15 is 0 Å². The molecule has 19 heavy (non-hydrogen) atoms. The molecule has 0 fully saturated rings. The molecule has 0 bridgehead atoms. The molecule has 108 valence electrons. The van der Waals surface area contributed by atoms with E-state index in [1.807, 2.05) is 13.8 Å². The highest BCUT2D eigenvalue weighted by atomic mass is 19.4. The molecule has 1 aromatic heterocycles. The molecule has 0 unspecified atom stereocenters. The summed E-state index contributed by atoms with van der Waals surface area (Å²) in [5.74, 6) is -0.0794. The van der Waals surface area contributed by atoms with Gasteiger partial charge >= 0.3 is 6.18 Å². The van der Waals surface area contributed by atoms with E-state index in [1.54, 1.807) is 6.07 Å². The zero-order valence-corrected chi connectivity index (χ0v) is 10.8. The van der Waals surface area contributed by atoms with E-state index in [1.165, 1.54) is 12.3 Å². The number of ether oxygens (including phenoxy) is 1. The first-order valence-electron chi connectivity index (χ1n) is 5.72. The van der Waals surface area contributed by atoms with Crippen molar-refractivity contribution >= 4 is 5.69 Å². The summed E-state index contributed by atoms with van der Waals surface area (Å²) in [5, 5.41) is 12.1. The first-order chi connectivity index (χ1) is 8.72. The molecular formula is C12H17F3N2O2. The van der Waals surface area contributed by atoms with Crippen LogP contribution >= 0.6 is 0 Å². The second-order valence-corrected chi connectivity index (χ2v) is 4.96. The average Bonchev–Trinajstić information content (AvgIpc) is 2.34. The van der Waals surface area contributed by atoms with Gasteiger partial charge in [0.15, 0.2) is 6.61 Å². The number of nitrogens with zero attached hydrogens (tertiary/aromatic N) is 1. The third-order valence-corrected chi connectivity index (χ3v) is 2.32. The highest BCUT2D eigenvalue weighted by Gasteiger charge is 2.28. The number of nitrogens with one attached hydrogen (secondary N) is 1. The number of rotatable bonds is 6. The SMILES string of the molecule is CC(C)(CO)CNc1ccc(OCC(F)(F)F)nc1. The summed E-state index contributed by atoms with van der Waals surface area (Å²) in [7, 11) is 0. The second-order valence-electron chi connectivity index (χ2n) is 4.96. The monoisotopic (exact) mass is 278 g/mol. The number of halogens is 3. The number of aliphatic hydroxyl groups is 1. The van der Waals surface area contributed by atoms with E-state index in [4.69, 9.17) is 5.11 Å². The van der Waals surface area contributed by atoms with Crippen LogP contribution in [-0.4, -0.2) is 36.0 Å². The van der Waals surface area contributed by atoms with Crippen molar-refractivity contribution in [3.05, 3.63) is 18.3 Å². The lowest BCUT2D eigenvalue weighted by Gasteiger charge is -2.22. The Hall–Kier alpha value is -1.50. The molecule has 2 N–H and O–H groups in total. The molecule has 4 nitrogen and oxygen atoms in total. The van der Waals surface area contributed by atoms with Crippen LogP contribution in [-0.2, 0) is 0 Å². The quantitative estimate of drug-likeness (QED) is 0.839. The van der Waals surface area contributed by atoms with E-state index < -0.39 is 12.8 Å². The predicted molar refractivity (Wildman–Crippen MR) is 65.1 cm³/mol. The van der Waals surface area contributed by atoms with Crippen LogP contribution in [0.15, 0.2) is 18.3 Å².